The predicted octanol–water partition coefficient (Wildman–Crippen LogP) is 2.78. The largest absolute Gasteiger partial charge is 0.300 e. The lowest BCUT2D eigenvalue weighted by Crippen LogP contribution is -2.57. The van der Waals surface area contributed by atoms with Gasteiger partial charge in [-0.15, -0.1) is 0 Å². The van der Waals surface area contributed by atoms with Gasteiger partial charge in [0.25, 0.3) is 0 Å². The maximum atomic E-state index is 9.75. The SMILES string of the molecule is CCN(CC1CCC1)CC(C#N)(NC(C)C)C1CC1. The zero-order chi connectivity index (χ0) is 13.9. The first kappa shape index (κ1) is 14.8. The van der Waals surface area contributed by atoms with Gasteiger partial charge in [-0.3, -0.25) is 5.32 Å². The molecule has 0 spiro atoms. The van der Waals surface area contributed by atoms with Crippen molar-refractivity contribution in [3.63, 3.8) is 0 Å². The molecule has 19 heavy (non-hydrogen) atoms. The van der Waals surface area contributed by atoms with Gasteiger partial charge in [-0.1, -0.05) is 13.3 Å². The van der Waals surface area contributed by atoms with Crippen LogP contribution in [0.5, 0.6) is 0 Å². The van der Waals surface area contributed by atoms with Crippen LogP contribution >= 0.6 is 0 Å². The molecule has 2 fully saturated rings. The second kappa shape index (κ2) is 6.24. The second-order valence-corrected chi connectivity index (χ2v) is 6.78. The summed E-state index contributed by atoms with van der Waals surface area (Å²) in [5.41, 5.74) is -0.312. The van der Waals surface area contributed by atoms with Crippen LogP contribution in [0.25, 0.3) is 0 Å². The normalized spacial score (nSPS) is 23.2. The average Bonchev–Trinajstić information content (AvgIpc) is 3.14. The van der Waals surface area contributed by atoms with Gasteiger partial charge >= 0.3 is 0 Å². The highest BCUT2D eigenvalue weighted by atomic mass is 15.2. The molecule has 0 saturated heterocycles. The Morgan fingerprint density at radius 3 is 2.37 bits per heavy atom. The highest BCUT2D eigenvalue weighted by molar-refractivity contribution is 5.17. The number of likely N-dealkylation sites (N-methyl/N-ethyl adjacent to an activating group) is 1. The summed E-state index contributed by atoms with van der Waals surface area (Å²) in [6.07, 6.45) is 6.61. The summed E-state index contributed by atoms with van der Waals surface area (Å²) in [6, 6.07) is 3.01. The van der Waals surface area contributed by atoms with Crippen LogP contribution in [0.4, 0.5) is 0 Å². The molecule has 0 aromatic carbocycles. The molecule has 2 aliphatic rings. The van der Waals surface area contributed by atoms with Crippen molar-refractivity contribution < 1.29 is 0 Å². The van der Waals surface area contributed by atoms with E-state index >= 15 is 0 Å². The Bertz CT molecular complexity index is 325. The molecule has 1 N–H and O–H groups in total. The maximum Gasteiger partial charge on any atom is 0.122 e. The van der Waals surface area contributed by atoms with Crippen molar-refractivity contribution in [1.29, 1.82) is 5.26 Å². The van der Waals surface area contributed by atoms with Gasteiger partial charge in [0.2, 0.25) is 0 Å². The summed E-state index contributed by atoms with van der Waals surface area (Å²) in [5.74, 6) is 1.45. The van der Waals surface area contributed by atoms with E-state index in [1.165, 1.54) is 38.6 Å². The molecule has 2 saturated carbocycles. The fourth-order valence-electron chi connectivity index (χ4n) is 3.24. The molecule has 0 bridgehead atoms. The van der Waals surface area contributed by atoms with E-state index in [1.54, 1.807) is 0 Å². The summed E-state index contributed by atoms with van der Waals surface area (Å²) in [5, 5.41) is 13.3. The van der Waals surface area contributed by atoms with Crippen molar-refractivity contribution in [2.24, 2.45) is 11.8 Å². The molecule has 1 unspecified atom stereocenters. The summed E-state index contributed by atoms with van der Waals surface area (Å²) in [7, 11) is 0. The Hall–Kier alpha value is -0.590. The van der Waals surface area contributed by atoms with Crippen LogP contribution in [0.2, 0.25) is 0 Å². The zero-order valence-corrected chi connectivity index (χ0v) is 12.8. The lowest BCUT2D eigenvalue weighted by atomic mass is 9.84. The highest BCUT2D eigenvalue weighted by Gasteiger charge is 2.47. The van der Waals surface area contributed by atoms with E-state index in [0.29, 0.717) is 12.0 Å². The third-order valence-corrected chi connectivity index (χ3v) is 4.68. The van der Waals surface area contributed by atoms with Crippen LogP contribution < -0.4 is 5.32 Å². The Labute approximate surface area is 118 Å². The lowest BCUT2D eigenvalue weighted by molar-refractivity contribution is 0.143. The second-order valence-electron chi connectivity index (χ2n) is 6.78. The van der Waals surface area contributed by atoms with Crippen molar-refractivity contribution in [3.8, 4) is 6.07 Å². The standard InChI is InChI=1S/C16H29N3/c1-4-19(10-14-6-5-7-14)12-16(11-17,15-8-9-15)18-13(2)3/h13-15,18H,4-10,12H2,1-3H3. The van der Waals surface area contributed by atoms with E-state index in [1.807, 2.05) is 0 Å². The van der Waals surface area contributed by atoms with Crippen LogP contribution in [0.1, 0.15) is 52.9 Å². The van der Waals surface area contributed by atoms with E-state index in [-0.39, 0.29) is 5.54 Å². The quantitative estimate of drug-likeness (QED) is 0.732. The number of rotatable bonds is 8. The van der Waals surface area contributed by atoms with Gasteiger partial charge < -0.3 is 4.90 Å². The van der Waals surface area contributed by atoms with Crippen LogP contribution in [-0.2, 0) is 0 Å². The summed E-state index contributed by atoms with van der Waals surface area (Å²) < 4.78 is 0. The van der Waals surface area contributed by atoms with E-state index in [2.05, 4.69) is 37.1 Å². The van der Waals surface area contributed by atoms with Gasteiger partial charge in [-0.05, 0) is 57.9 Å². The third-order valence-electron chi connectivity index (χ3n) is 4.68. The van der Waals surface area contributed by atoms with Gasteiger partial charge in [0.05, 0.1) is 6.07 Å². The Balaban J connectivity index is 1.98. The molecule has 3 heteroatoms. The number of nitriles is 1. The lowest BCUT2D eigenvalue weighted by Gasteiger charge is -2.38. The number of nitrogens with zero attached hydrogens (tertiary/aromatic N) is 2. The predicted molar refractivity (Wildman–Crippen MR) is 78.8 cm³/mol. The fraction of sp³-hybridized carbons (Fsp3) is 0.938. The van der Waals surface area contributed by atoms with Crippen LogP contribution in [0.15, 0.2) is 0 Å². The molecule has 108 valence electrons. The van der Waals surface area contributed by atoms with Gasteiger partial charge in [0.1, 0.15) is 5.54 Å². The highest BCUT2D eigenvalue weighted by Crippen LogP contribution is 2.40. The molecule has 1 atom stereocenters. The van der Waals surface area contributed by atoms with Gasteiger partial charge in [0.15, 0.2) is 0 Å². The van der Waals surface area contributed by atoms with Gasteiger partial charge in [0, 0.05) is 19.1 Å². The molecule has 3 nitrogen and oxygen atoms in total. The van der Waals surface area contributed by atoms with E-state index in [0.717, 1.165) is 19.0 Å². The van der Waals surface area contributed by atoms with Crippen molar-refractivity contribution in [3.05, 3.63) is 0 Å². The van der Waals surface area contributed by atoms with Crippen LogP contribution in [-0.4, -0.2) is 36.1 Å². The molecule has 0 aliphatic heterocycles. The van der Waals surface area contributed by atoms with E-state index in [4.69, 9.17) is 0 Å². The first-order valence-electron chi connectivity index (χ1n) is 8.01. The van der Waals surface area contributed by atoms with Crippen molar-refractivity contribution in [1.82, 2.24) is 10.2 Å². The fourth-order valence-corrected chi connectivity index (χ4v) is 3.24. The number of nitrogens with one attached hydrogen (secondary N) is 1. The smallest absolute Gasteiger partial charge is 0.122 e. The Morgan fingerprint density at radius 2 is 2.00 bits per heavy atom. The minimum atomic E-state index is -0.312. The molecule has 2 aliphatic carbocycles. The average molecular weight is 263 g/mol. The molecule has 0 aromatic rings. The van der Waals surface area contributed by atoms with Crippen molar-refractivity contribution in [2.75, 3.05) is 19.6 Å². The van der Waals surface area contributed by atoms with Crippen LogP contribution in [0, 0.1) is 23.2 Å². The van der Waals surface area contributed by atoms with Crippen molar-refractivity contribution >= 4 is 0 Å². The molecule has 0 heterocycles. The first-order chi connectivity index (χ1) is 9.09. The summed E-state index contributed by atoms with van der Waals surface area (Å²) in [6.45, 7) is 9.68. The molecule has 0 radical (unpaired) electrons. The topological polar surface area (TPSA) is 39.1 Å². The maximum absolute atomic E-state index is 9.75. The number of hydrogen-bond donors (Lipinski definition) is 1. The van der Waals surface area contributed by atoms with Crippen molar-refractivity contribution in [2.45, 2.75) is 64.5 Å². The van der Waals surface area contributed by atoms with Gasteiger partial charge in [-0.2, -0.15) is 5.26 Å². The Morgan fingerprint density at radius 1 is 1.32 bits per heavy atom. The van der Waals surface area contributed by atoms with Crippen LogP contribution in [0.3, 0.4) is 0 Å². The minimum absolute atomic E-state index is 0.312. The molecular weight excluding hydrogens is 234 g/mol. The summed E-state index contributed by atoms with van der Waals surface area (Å²) >= 11 is 0. The third kappa shape index (κ3) is 3.70. The zero-order valence-electron chi connectivity index (χ0n) is 12.8. The molecule has 0 amide bonds. The number of hydrogen-bond acceptors (Lipinski definition) is 3. The molecule has 2 rings (SSSR count). The minimum Gasteiger partial charge on any atom is -0.300 e. The molecular formula is C16H29N3. The Kier molecular flexibility index (Phi) is 4.86. The van der Waals surface area contributed by atoms with Gasteiger partial charge in [-0.25, -0.2) is 0 Å². The van der Waals surface area contributed by atoms with E-state index < -0.39 is 0 Å². The molecule has 0 aromatic heterocycles. The van der Waals surface area contributed by atoms with E-state index in [9.17, 15) is 5.26 Å². The monoisotopic (exact) mass is 263 g/mol. The first-order valence-corrected chi connectivity index (χ1v) is 8.01. The summed E-state index contributed by atoms with van der Waals surface area (Å²) in [4.78, 5) is 2.50.